The van der Waals surface area contributed by atoms with Crippen molar-refractivity contribution in [3.63, 3.8) is 0 Å². The van der Waals surface area contributed by atoms with Crippen LogP contribution >= 0.6 is 12.2 Å². The lowest BCUT2D eigenvalue weighted by atomic mass is 10.2. The third-order valence-corrected chi connectivity index (χ3v) is 2.67. The Balaban J connectivity index is 2.34. The Morgan fingerprint density at radius 1 is 1.16 bits per heavy atom. The number of thiocarbonyl (C=S) groups is 1. The van der Waals surface area contributed by atoms with E-state index in [0.717, 1.165) is 17.1 Å². The topological polar surface area (TPSA) is 54.5 Å². The molecule has 1 heterocycles. The van der Waals surface area contributed by atoms with Gasteiger partial charge in [0.15, 0.2) is 5.11 Å². The molecular formula is C14H14N4S. The van der Waals surface area contributed by atoms with E-state index in [9.17, 15) is 0 Å². The summed E-state index contributed by atoms with van der Waals surface area (Å²) in [6, 6.07) is 15.2. The molecule has 96 valence electrons. The van der Waals surface area contributed by atoms with Crippen molar-refractivity contribution in [1.82, 2.24) is 4.98 Å². The van der Waals surface area contributed by atoms with Gasteiger partial charge in [0.25, 0.3) is 0 Å². The highest BCUT2D eigenvalue weighted by Gasteiger charge is 2.09. The van der Waals surface area contributed by atoms with E-state index in [1.165, 1.54) is 5.01 Å². The Labute approximate surface area is 117 Å². The van der Waals surface area contributed by atoms with Crippen molar-refractivity contribution in [2.45, 2.75) is 6.92 Å². The van der Waals surface area contributed by atoms with E-state index < -0.39 is 0 Å². The van der Waals surface area contributed by atoms with Gasteiger partial charge >= 0.3 is 0 Å². The largest absolute Gasteiger partial charge is 0.374 e. The number of nitrogens with two attached hydrogens (primary N) is 1. The molecule has 0 unspecified atom stereocenters. The highest BCUT2D eigenvalue weighted by molar-refractivity contribution is 7.80. The maximum Gasteiger partial charge on any atom is 0.191 e. The second-order valence-electron chi connectivity index (χ2n) is 3.89. The average Bonchev–Trinajstić information content (AvgIpc) is 2.46. The molecule has 0 saturated carbocycles. The molecule has 0 radical (unpaired) electrons. The fourth-order valence-corrected chi connectivity index (χ4v) is 1.73. The van der Waals surface area contributed by atoms with Crippen molar-refractivity contribution >= 4 is 28.7 Å². The summed E-state index contributed by atoms with van der Waals surface area (Å²) in [5.41, 5.74) is 8.09. The number of pyridine rings is 1. The second-order valence-corrected chi connectivity index (χ2v) is 4.30. The molecule has 0 aliphatic heterocycles. The molecule has 0 aliphatic rings. The van der Waals surface area contributed by atoms with Crippen LogP contribution in [0.25, 0.3) is 0 Å². The fraction of sp³-hybridized carbons (Fsp3) is 0.0714. The SMILES string of the molecule is CC(=NN(C(N)=S)c1ccccc1)c1ccccn1. The first-order valence-corrected chi connectivity index (χ1v) is 6.20. The van der Waals surface area contributed by atoms with Gasteiger partial charge in [-0.3, -0.25) is 4.98 Å². The van der Waals surface area contributed by atoms with Crippen molar-refractivity contribution in [2.75, 3.05) is 5.01 Å². The summed E-state index contributed by atoms with van der Waals surface area (Å²) in [5, 5.41) is 6.16. The molecule has 5 heteroatoms. The Kier molecular flexibility index (Phi) is 4.20. The highest BCUT2D eigenvalue weighted by Crippen LogP contribution is 2.14. The van der Waals surface area contributed by atoms with E-state index >= 15 is 0 Å². The minimum Gasteiger partial charge on any atom is -0.374 e. The molecular weight excluding hydrogens is 256 g/mol. The minimum atomic E-state index is 0.196. The van der Waals surface area contributed by atoms with E-state index in [0.29, 0.717) is 0 Å². The van der Waals surface area contributed by atoms with Gasteiger partial charge in [-0.2, -0.15) is 5.10 Å². The highest BCUT2D eigenvalue weighted by atomic mass is 32.1. The summed E-state index contributed by atoms with van der Waals surface area (Å²) >= 11 is 5.04. The van der Waals surface area contributed by atoms with Gasteiger partial charge in [-0.05, 0) is 43.4 Å². The lowest BCUT2D eigenvalue weighted by Gasteiger charge is -2.17. The van der Waals surface area contributed by atoms with Gasteiger partial charge in [-0.1, -0.05) is 24.3 Å². The van der Waals surface area contributed by atoms with Crippen LogP contribution < -0.4 is 10.7 Å². The van der Waals surface area contributed by atoms with Gasteiger partial charge in [-0.25, -0.2) is 5.01 Å². The molecule has 1 aromatic carbocycles. The zero-order valence-corrected chi connectivity index (χ0v) is 11.3. The van der Waals surface area contributed by atoms with Crippen LogP contribution in [0.15, 0.2) is 59.8 Å². The van der Waals surface area contributed by atoms with E-state index in [4.69, 9.17) is 18.0 Å². The van der Waals surface area contributed by atoms with Crippen LogP contribution in [-0.4, -0.2) is 15.8 Å². The van der Waals surface area contributed by atoms with Crippen LogP contribution in [0.1, 0.15) is 12.6 Å². The summed E-state index contributed by atoms with van der Waals surface area (Å²) in [6.45, 7) is 1.87. The van der Waals surface area contributed by atoms with Crippen molar-refractivity contribution in [2.24, 2.45) is 10.8 Å². The monoisotopic (exact) mass is 270 g/mol. The van der Waals surface area contributed by atoms with Gasteiger partial charge in [0.05, 0.1) is 17.1 Å². The summed E-state index contributed by atoms with van der Waals surface area (Å²) in [5.74, 6) is 0. The number of para-hydroxylation sites is 1. The summed E-state index contributed by atoms with van der Waals surface area (Å²) < 4.78 is 0. The summed E-state index contributed by atoms with van der Waals surface area (Å²) in [4.78, 5) is 4.24. The molecule has 2 N–H and O–H groups in total. The first-order valence-electron chi connectivity index (χ1n) is 5.79. The van der Waals surface area contributed by atoms with E-state index in [1.807, 2.05) is 55.5 Å². The van der Waals surface area contributed by atoms with Crippen LogP contribution in [0.5, 0.6) is 0 Å². The van der Waals surface area contributed by atoms with Gasteiger partial charge in [0.2, 0.25) is 0 Å². The summed E-state index contributed by atoms with van der Waals surface area (Å²) in [7, 11) is 0. The molecule has 0 amide bonds. The molecule has 0 fully saturated rings. The number of hydrogen-bond acceptors (Lipinski definition) is 3. The normalized spacial score (nSPS) is 11.1. The predicted octanol–water partition coefficient (Wildman–Crippen LogP) is 2.56. The van der Waals surface area contributed by atoms with E-state index in [1.54, 1.807) is 6.20 Å². The molecule has 2 aromatic rings. The predicted molar refractivity (Wildman–Crippen MR) is 82.2 cm³/mol. The molecule has 0 atom stereocenters. The van der Waals surface area contributed by atoms with Gasteiger partial charge in [0, 0.05) is 6.20 Å². The standard InChI is InChI=1S/C14H14N4S/c1-11(13-9-5-6-10-16-13)17-18(14(15)19)12-7-3-2-4-8-12/h2-10H,1H3,(H2,15,19). The van der Waals surface area contributed by atoms with Crippen molar-refractivity contribution in [3.8, 4) is 0 Å². The smallest absolute Gasteiger partial charge is 0.191 e. The Morgan fingerprint density at radius 3 is 2.42 bits per heavy atom. The second kappa shape index (κ2) is 6.06. The van der Waals surface area contributed by atoms with E-state index in [-0.39, 0.29) is 5.11 Å². The fourth-order valence-electron chi connectivity index (χ4n) is 1.58. The number of benzene rings is 1. The van der Waals surface area contributed by atoms with Gasteiger partial charge in [-0.15, -0.1) is 0 Å². The van der Waals surface area contributed by atoms with Crippen molar-refractivity contribution in [3.05, 3.63) is 60.4 Å². The van der Waals surface area contributed by atoms with Crippen LogP contribution in [0.4, 0.5) is 5.69 Å². The summed E-state index contributed by atoms with van der Waals surface area (Å²) in [6.07, 6.45) is 1.72. The first-order chi connectivity index (χ1) is 9.18. The maximum atomic E-state index is 5.72. The van der Waals surface area contributed by atoms with E-state index in [2.05, 4.69) is 10.1 Å². The zero-order valence-electron chi connectivity index (χ0n) is 10.5. The minimum absolute atomic E-state index is 0.196. The first kappa shape index (κ1) is 13.2. The maximum absolute atomic E-state index is 5.72. The number of anilines is 1. The zero-order chi connectivity index (χ0) is 13.7. The Bertz CT molecular complexity index is 581. The van der Waals surface area contributed by atoms with Crippen LogP contribution in [0.2, 0.25) is 0 Å². The molecule has 0 spiro atoms. The molecule has 0 aliphatic carbocycles. The Hall–Kier alpha value is -2.27. The molecule has 4 nitrogen and oxygen atoms in total. The lowest BCUT2D eigenvalue weighted by molar-refractivity contribution is 1.11. The van der Waals surface area contributed by atoms with Crippen LogP contribution in [0, 0.1) is 0 Å². The van der Waals surface area contributed by atoms with Crippen LogP contribution in [-0.2, 0) is 0 Å². The molecule has 2 rings (SSSR count). The number of aromatic nitrogens is 1. The van der Waals surface area contributed by atoms with Gasteiger partial charge < -0.3 is 5.73 Å². The molecule has 0 saturated heterocycles. The third kappa shape index (κ3) is 3.35. The number of nitrogens with zero attached hydrogens (tertiary/aromatic N) is 3. The number of rotatable bonds is 3. The van der Waals surface area contributed by atoms with Gasteiger partial charge in [0.1, 0.15) is 0 Å². The lowest BCUT2D eigenvalue weighted by Crippen LogP contribution is -2.31. The molecule has 0 bridgehead atoms. The number of hydrazone groups is 1. The number of hydrogen-bond donors (Lipinski definition) is 1. The van der Waals surface area contributed by atoms with Crippen LogP contribution in [0.3, 0.4) is 0 Å². The quantitative estimate of drug-likeness (QED) is 0.529. The molecule has 1 aromatic heterocycles. The molecule has 19 heavy (non-hydrogen) atoms. The Morgan fingerprint density at radius 2 is 1.84 bits per heavy atom. The van der Waals surface area contributed by atoms with Crippen molar-refractivity contribution in [1.29, 1.82) is 0 Å². The average molecular weight is 270 g/mol. The van der Waals surface area contributed by atoms with Crippen molar-refractivity contribution < 1.29 is 0 Å². The third-order valence-electron chi connectivity index (χ3n) is 2.50.